The molecule has 246 valence electrons. The zero-order chi connectivity index (χ0) is 34.0. The number of benzene rings is 1. The number of nitrogen functional groups attached to an aromatic ring is 1. The Balaban J connectivity index is 1.69. The molecule has 4 heterocycles. The number of nitrogens with zero attached hydrogens (tertiary/aromatic N) is 8. The van der Waals surface area contributed by atoms with Crippen molar-refractivity contribution in [2.45, 2.75) is 102 Å². The molecule has 1 unspecified atom stereocenters. The summed E-state index contributed by atoms with van der Waals surface area (Å²) < 4.78 is 22.7. The van der Waals surface area contributed by atoms with Gasteiger partial charge in [-0.05, 0) is 59.0 Å². The Labute approximate surface area is 270 Å². The van der Waals surface area contributed by atoms with Gasteiger partial charge in [0, 0.05) is 4.91 Å². The van der Waals surface area contributed by atoms with E-state index in [1.165, 1.54) is 11.2 Å². The third-order valence-electron chi connectivity index (χ3n) is 9.88. The van der Waals surface area contributed by atoms with Crippen molar-refractivity contribution in [1.29, 1.82) is 0 Å². The lowest BCUT2D eigenvalue weighted by molar-refractivity contribution is -0.0366. The molecule has 2 aliphatic heterocycles. The van der Waals surface area contributed by atoms with E-state index >= 15 is 0 Å². The Morgan fingerprint density at radius 2 is 1.50 bits per heavy atom. The van der Waals surface area contributed by atoms with E-state index < -0.39 is 53.0 Å². The summed E-state index contributed by atoms with van der Waals surface area (Å²) in [7, 11) is -5.06. The molecule has 1 aromatic carbocycles. The maximum absolute atomic E-state index is 13.5. The number of imidazole rings is 1. The molecule has 2 aromatic heterocycles. The van der Waals surface area contributed by atoms with Gasteiger partial charge in [0.25, 0.3) is 11.8 Å². The summed E-state index contributed by atoms with van der Waals surface area (Å²) in [4.78, 5) is 44.3. The molecule has 46 heavy (non-hydrogen) atoms. The van der Waals surface area contributed by atoms with Crippen LogP contribution in [0.4, 0.5) is 11.8 Å². The fourth-order valence-corrected chi connectivity index (χ4v) is 7.81. The largest absolute Gasteiger partial charge is 0.408 e. The number of imide groups is 1. The van der Waals surface area contributed by atoms with Crippen LogP contribution in [-0.2, 0) is 13.6 Å². The zero-order valence-corrected chi connectivity index (χ0v) is 30.1. The van der Waals surface area contributed by atoms with E-state index in [0.717, 1.165) is 0 Å². The smallest absolute Gasteiger partial charge is 0.261 e. The minimum absolute atomic E-state index is 0.0361. The summed E-state index contributed by atoms with van der Waals surface area (Å²) >= 11 is 0. The Bertz CT molecular complexity index is 1710. The number of rotatable bonds is 8. The highest BCUT2D eigenvalue weighted by atomic mass is 28.4. The molecule has 1 fully saturated rings. The van der Waals surface area contributed by atoms with E-state index in [9.17, 15) is 15.1 Å². The van der Waals surface area contributed by atoms with Gasteiger partial charge >= 0.3 is 0 Å². The number of aromatic nitrogens is 4. The van der Waals surface area contributed by atoms with Crippen molar-refractivity contribution in [1.82, 2.24) is 24.4 Å². The molecule has 4 atom stereocenters. The summed E-state index contributed by atoms with van der Waals surface area (Å²) in [6.45, 7) is 21.3. The summed E-state index contributed by atoms with van der Waals surface area (Å²) in [5, 5.41) is 3.48. The number of amides is 2. The van der Waals surface area contributed by atoms with Crippen molar-refractivity contribution in [2.24, 2.45) is 5.11 Å². The Morgan fingerprint density at radius 3 is 2.02 bits per heavy atom. The highest BCUT2D eigenvalue weighted by molar-refractivity contribution is 6.74. The van der Waals surface area contributed by atoms with Crippen molar-refractivity contribution in [3.63, 3.8) is 0 Å². The van der Waals surface area contributed by atoms with Gasteiger partial charge in [-0.1, -0.05) is 53.7 Å². The molecule has 2 amide bonds. The van der Waals surface area contributed by atoms with Crippen LogP contribution in [0, 0.1) is 0 Å². The molecule has 0 spiro atoms. The third-order valence-corrected chi connectivity index (χ3v) is 18.8. The average molecular weight is 666 g/mol. The van der Waals surface area contributed by atoms with Crippen molar-refractivity contribution < 1.29 is 23.2 Å². The number of carbonyl (C=O) groups is 2. The van der Waals surface area contributed by atoms with Crippen LogP contribution < -0.4 is 5.73 Å². The van der Waals surface area contributed by atoms with Crippen LogP contribution in [-0.4, -0.2) is 77.7 Å². The van der Waals surface area contributed by atoms with Crippen molar-refractivity contribution in [3.05, 3.63) is 52.2 Å². The molecule has 1 saturated heterocycles. The first kappa shape index (κ1) is 33.7. The summed E-state index contributed by atoms with van der Waals surface area (Å²) in [5.41, 5.74) is 16.9. The van der Waals surface area contributed by atoms with Gasteiger partial charge in [-0.3, -0.25) is 19.1 Å². The molecular weight excluding hydrogens is 623 g/mol. The molecule has 2 N–H and O–H groups in total. The van der Waals surface area contributed by atoms with Gasteiger partial charge in [0.1, 0.15) is 24.6 Å². The number of azide groups is 1. The van der Waals surface area contributed by atoms with Crippen LogP contribution >= 0.6 is 0 Å². The number of nitrogens with two attached hydrogens (primary N) is 1. The average Bonchev–Trinajstić information content (AvgIpc) is 3.55. The highest BCUT2D eigenvalue weighted by Crippen LogP contribution is 2.47. The lowest BCUT2D eigenvalue weighted by Gasteiger charge is -2.44. The van der Waals surface area contributed by atoms with Crippen LogP contribution in [0.25, 0.3) is 21.6 Å². The number of hydrogen-bond acceptors (Lipinski definition) is 10. The number of hydrogen-bond donors (Lipinski definition) is 1. The Kier molecular flexibility index (Phi) is 8.45. The molecule has 2 aliphatic rings. The molecule has 0 bridgehead atoms. The van der Waals surface area contributed by atoms with Crippen molar-refractivity contribution >= 4 is 51.4 Å². The van der Waals surface area contributed by atoms with Crippen molar-refractivity contribution in [3.8, 4) is 0 Å². The zero-order valence-electron chi connectivity index (χ0n) is 28.1. The van der Waals surface area contributed by atoms with Gasteiger partial charge < -0.3 is 19.3 Å². The first-order valence-electron chi connectivity index (χ1n) is 15.3. The van der Waals surface area contributed by atoms with Crippen LogP contribution in [0.1, 0.15) is 68.5 Å². The summed E-state index contributed by atoms with van der Waals surface area (Å²) in [5.74, 6) is -0.728. The molecule has 0 radical (unpaired) electrons. The second-order valence-corrected chi connectivity index (χ2v) is 24.4. The molecule has 0 saturated carbocycles. The minimum atomic E-state index is -2.54. The first-order valence-corrected chi connectivity index (χ1v) is 21.1. The number of ether oxygens (including phenoxy) is 1. The quantitative estimate of drug-likeness (QED) is 0.0945. The molecule has 14 nitrogen and oxygen atoms in total. The van der Waals surface area contributed by atoms with Crippen molar-refractivity contribution in [2.75, 3.05) is 12.3 Å². The first-order chi connectivity index (χ1) is 21.3. The molecule has 5 rings (SSSR count). The van der Waals surface area contributed by atoms with Gasteiger partial charge in [-0.25, -0.2) is 15.0 Å². The second kappa shape index (κ2) is 11.5. The summed E-state index contributed by atoms with van der Waals surface area (Å²) in [6, 6.07) is 6.76. The molecule has 16 heteroatoms. The van der Waals surface area contributed by atoms with Gasteiger partial charge in [0.05, 0.1) is 17.7 Å². The van der Waals surface area contributed by atoms with E-state index in [2.05, 4.69) is 92.7 Å². The van der Waals surface area contributed by atoms with Gasteiger partial charge in [-0.2, -0.15) is 0 Å². The predicted molar refractivity (Wildman–Crippen MR) is 178 cm³/mol. The van der Waals surface area contributed by atoms with E-state index in [-0.39, 0.29) is 39.6 Å². The topological polar surface area (TPSA) is 183 Å². The monoisotopic (exact) mass is 665 g/mol. The van der Waals surface area contributed by atoms with Crippen LogP contribution in [0.2, 0.25) is 36.3 Å². The highest BCUT2D eigenvalue weighted by Gasteiger charge is 2.56. The lowest BCUT2D eigenvalue weighted by Crippen LogP contribution is -2.55. The Morgan fingerprint density at radius 1 is 0.957 bits per heavy atom. The second-order valence-electron chi connectivity index (χ2n) is 14.9. The van der Waals surface area contributed by atoms with Crippen LogP contribution in [0.15, 0.2) is 35.7 Å². The van der Waals surface area contributed by atoms with E-state index in [1.807, 2.05) is 0 Å². The molecular formula is C30H43N9O5Si2. The molecule has 3 aromatic rings. The lowest BCUT2D eigenvalue weighted by atomic mass is 10.1. The fourth-order valence-electron chi connectivity index (χ4n) is 5.21. The summed E-state index contributed by atoms with van der Waals surface area (Å²) in [6.07, 6.45) is -1.97. The number of fused-ring (bicyclic) bond motifs is 2. The Hall–Kier alpha value is -3.67. The number of anilines is 1. The van der Waals surface area contributed by atoms with Crippen LogP contribution in [0.5, 0.6) is 0 Å². The molecule has 0 aliphatic carbocycles. The van der Waals surface area contributed by atoms with Gasteiger partial charge in [0.15, 0.2) is 39.8 Å². The fraction of sp³-hybridized carbons (Fsp3) is 0.567. The van der Waals surface area contributed by atoms with E-state index in [0.29, 0.717) is 11.1 Å². The van der Waals surface area contributed by atoms with E-state index in [1.54, 1.807) is 28.8 Å². The normalized spacial score (nSPS) is 22.4. The van der Waals surface area contributed by atoms with Gasteiger partial charge in [-0.15, -0.1) is 0 Å². The maximum Gasteiger partial charge on any atom is 0.261 e. The predicted octanol–water partition coefficient (Wildman–Crippen LogP) is 6.32. The third kappa shape index (κ3) is 5.73. The minimum Gasteiger partial charge on any atom is -0.408 e. The van der Waals surface area contributed by atoms with E-state index in [4.69, 9.17) is 19.3 Å². The SMILES string of the molecule is CC(C)(C)[Si](C)(C)OC1[C@H](n2c(N=[N+]=[N-])nc3c(N)ncnc32)O[C@H](CN2C(=O)c3ccccc3C2=O)[C@H]1O[Si](C)(C)C(C)(C)C. The maximum atomic E-state index is 13.5. The van der Waals surface area contributed by atoms with Gasteiger partial charge in [0.2, 0.25) is 5.95 Å². The standard InChI is InChI=1S/C30H43N9O5Si2/c1-29(2,3)45(7,8)43-21-19(15-38-25(40)17-13-11-12-14-18(17)26(38)41)42-27(22(21)44-46(9,10)30(4,5)6)39-24-20(23(31)33-16-34-24)35-28(39)36-37-32/h11-14,16,19,21-22,27H,15H2,1-10H3,(H2,31,33,34)/t19-,21-,22?,27-/m1/s1. The van der Waals surface area contributed by atoms with Crippen LogP contribution in [0.3, 0.4) is 0 Å². The number of carbonyl (C=O) groups excluding carboxylic acids is 2.